The molecule has 4 N–H and O–H groups in total. The summed E-state index contributed by atoms with van der Waals surface area (Å²) in [4.78, 5) is 27.5. The number of pyridine rings is 1. The van der Waals surface area contributed by atoms with E-state index in [1.54, 1.807) is 45.0 Å². The monoisotopic (exact) mass is 370 g/mol. The van der Waals surface area contributed by atoms with Crippen LogP contribution in [-0.4, -0.2) is 29.1 Å². The predicted molar refractivity (Wildman–Crippen MR) is 102 cm³/mol. The van der Waals surface area contributed by atoms with Gasteiger partial charge in [0.25, 0.3) is 0 Å². The van der Waals surface area contributed by atoms with Crippen LogP contribution in [0.25, 0.3) is 0 Å². The van der Waals surface area contributed by atoms with Crippen LogP contribution in [0.3, 0.4) is 0 Å². The molecule has 1 aromatic carbocycles. The number of amides is 2. The molecule has 27 heavy (non-hydrogen) atoms. The number of ether oxygens (including phenoxy) is 1. The number of rotatable bonds is 5. The molecule has 9 heteroatoms. The lowest BCUT2D eigenvalue weighted by Crippen LogP contribution is -2.37. The van der Waals surface area contributed by atoms with Crippen molar-refractivity contribution in [1.29, 1.82) is 0 Å². The molecular formula is C18H22N6O3. The van der Waals surface area contributed by atoms with Crippen molar-refractivity contribution in [2.45, 2.75) is 26.4 Å². The number of alkyl carbamates (subject to hydrolysis) is 1. The van der Waals surface area contributed by atoms with Gasteiger partial charge < -0.3 is 21.1 Å². The minimum absolute atomic E-state index is 0.118. The van der Waals surface area contributed by atoms with Crippen LogP contribution in [-0.2, 0) is 9.53 Å². The van der Waals surface area contributed by atoms with Crippen LogP contribution in [0.4, 0.5) is 27.8 Å². The topological polar surface area (TPSA) is 131 Å². The maximum absolute atomic E-state index is 11.9. The van der Waals surface area contributed by atoms with E-state index in [0.717, 1.165) is 0 Å². The lowest BCUT2D eigenvalue weighted by molar-refractivity contribution is -0.115. The quantitative estimate of drug-likeness (QED) is 0.693. The molecule has 142 valence electrons. The second-order valence-electron chi connectivity index (χ2n) is 6.54. The molecule has 2 rings (SSSR count). The lowest BCUT2D eigenvalue weighted by atomic mass is 10.2. The molecule has 0 fully saturated rings. The summed E-state index contributed by atoms with van der Waals surface area (Å²) in [5, 5.41) is 13.0. The van der Waals surface area contributed by atoms with E-state index in [1.165, 1.54) is 0 Å². The van der Waals surface area contributed by atoms with E-state index in [4.69, 9.17) is 10.5 Å². The van der Waals surface area contributed by atoms with Crippen LogP contribution in [0.1, 0.15) is 20.8 Å². The van der Waals surface area contributed by atoms with E-state index in [1.807, 2.05) is 18.2 Å². The van der Waals surface area contributed by atoms with Gasteiger partial charge in [-0.1, -0.05) is 18.2 Å². The second-order valence-corrected chi connectivity index (χ2v) is 6.54. The minimum Gasteiger partial charge on any atom is -0.444 e. The zero-order chi connectivity index (χ0) is 19.9. The first-order valence-corrected chi connectivity index (χ1v) is 8.23. The largest absolute Gasteiger partial charge is 0.444 e. The van der Waals surface area contributed by atoms with Gasteiger partial charge in [0.05, 0.1) is 5.69 Å². The molecule has 2 amide bonds. The van der Waals surface area contributed by atoms with E-state index < -0.39 is 17.6 Å². The first kappa shape index (κ1) is 19.8. The van der Waals surface area contributed by atoms with Crippen LogP contribution in [0.15, 0.2) is 52.7 Å². The highest BCUT2D eigenvalue weighted by Gasteiger charge is 2.16. The van der Waals surface area contributed by atoms with Crippen LogP contribution >= 0.6 is 0 Å². The zero-order valence-electron chi connectivity index (χ0n) is 15.4. The Labute approximate surface area is 157 Å². The summed E-state index contributed by atoms with van der Waals surface area (Å²) in [5.41, 5.74) is 6.27. The molecule has 0 aliphatic heterocycles. The fraction of sp³-hybridized carbons (Fsp3) is 0.278. The third kappa shape index (κ3) is 7.10. The van der Waals surface area contributed by atoms with Gasteiger partial charge in [-0.2, -0.15) is 5.11 Å². The first-order valence-electron chi connectivity index (χ1n) is 8.23. The zero-order valence-corrected chi connectivity index (χ0v) is 15.4. The second kappa shape index (κ2) is 8.75. The summed E-state index contributed by atoms with van der Waals surface area (Å²) in [5.74, 6) is -0.110. The Kier molecular flexibility index (Phi) is 6.42. The van der Waals surface area contributed by atoms with E-state index in [0.29, 0.717) is 11.4 Å². The molecule has 9 nitrogen and oxygen atoms in total. The SMILES string of the molecule is CC(C)(C)OC(=O)NCC(=O)Nc1ccc(N=Nc2ccccc2)c(N)n1. The predicted octanol–water partition coefficient (Wildman–Crippen LogP) is 3.54. The van der Waals surface area contributed by atoms with Crippen molar-refractivity contribution in [3.05, 3.63) is 42.5 Å². The molecule has 0 unspecified atom stereocenters. The standard InChI is InChI=1S/C18H22N6O3/c1-18(2,3)27-17(26)20-11-15(25)21-14-10-9-13(16(19)22-14)24-23-12-7-5-4-6-8-12/h4-10H,11H2,1-3H3,(H,20,26)(H3,19,21,22,25). The number of hydrogen-bond donors (Lipinski definition) is 3. The molecule has 0 saturated carbocycles. The van der Waals surface area contributed by atoms with Gasteiger partial charge in [-0.15, -0.1) is 5.11 Å². The van der Waals surface area contributed by atoms with Gasteiger partial charge in [0.1, 0.15) is 23.7 Å². The summed E-state index contributed by atoms with van der Waals surface area (Å²) in [6.07, 6.45) is -0.679. The number of azo groups is 1. The Bertz CT molecular complexity index is 831. The molecule has 0 radical (unpaired) electrons. The summed E-state index contributed by atoms with van der Waals surface area (Å²) in [6.45, 7) is 4.94. The number of hydrogen-bond acceptors (Lipinski definition) is 7. The summed E-state index contributed by atoms with van der Waals surface area (Å²) in [7, 11) is 0. The summed E-state index contributed by atoms with van der Waals surface area (Å²) in [6, 6.07) is 12.3. The summed E-state index contributed by atoms with van der Waals surface area (Å²) >= 11 is 0. The van der Waals surface area contributed by atoms with E-state index >= 15 is 0 Å². The van der Waals surface area contributed by atoms with Crippen molar-refractivity contribution in [2.75, 3.05) is 17.6 Å². The number of nitrogens with one attached hydrogen (secondary N) is 2. The molecule has 0 saturated heterocycles. The fourth-order valence-corrected chi connectivity index (χ4v) is 1.88. The average molecular weight is 370 g/mol. The molecule has 0 bridgehead atoms. The van der Waals surface area contributed by atoms with E-state index in [9.17, 15) is 9.59 Å². The highest BCUT2D eigenvalue weighted by molar-refractivity contribution is 5.93. The van der Waals surface area contributed by atoms with Crippen LogP contribution in [0.5, 0.6) is 0 Å². The molecule has 0 aliphatic carbocycles. The number of nitrogens with two attached hydrogens (primary N) is 1. The molecular weight excluding hydrogens is 348 g/mol. The summed E-state index contributed by atoms with van der Waals surface area (Å²) < 4.78 is 5.05. The molecule has 2 aromatic rings. The highest BCUT2D eigenvalue weighted by atomic mass is 16.6. The lowest BCUT2D eigenvalue weighted by Gasteiger charge is -2.19. The molecule has 1 heterocycles. The molecule has 0 aliphatic rings. The number of nitrogens with zero attached hydrogens (tertiary/aromatic N) is 3. The molecule has 0 atom stereocenters. The third-order valence-electron chi connectivity index (χ3n) is 2.99. The number of carbonyl (C=O) groups is 2. The Morgan fingerprint density at radius 2 is 1.81 bits per heavy atom. The number of anilines is 2. The Balaban J connectivity index is 1.90. The molecule has 0 spiro atoms. The van der Waals surface area contributed by atoms with E-state index in [2.05, 4.69) is 25.8 Å². The Hall–Kier alpha value is -3.49. The Morgan fingerprint density at radius 1 is 1.11 bits per heavy atom. The number of carbonyl (C=O) groups excluding carboxylic acids is 2. The van der Waals surface area contributed by atoms with Crippen molar-refractivity contribution in [3.8, 4) is 0 Å². The van der Waals surface area contributed by atoms with Crippen LogP contribution in [0, 0.1) is 0 Å². The fourth-order valence-electron chi connectivity index (χ4n) is 1.88. The van der Waals surface area contributed by atoms with Crippen molar-refractivity contribution in [2.24, 2.45) is 10.2 Å². The Morgan fingerprint density at radius 3 is 2.44 bits per heavy atom. The van der Waals surface area contributed by atoms with Gasteiger partial charge in [0.2, 0.25) is 5.91 Å². The van der Waals surface area contributed by atoms with Crippen molar-refractivity contribution in [3.63, 3.8) is 0 Å². The third-order valence-corrected chi connectivity index (χ3v) is 2.99. The average Bonchev–Trinajstić information content (AvgIpc) is 2.59. The van der Waals surface area contributed by atoms with Gasteiger partial charge in [0, 0.05) is 0 Å². The van der Waals surface area contributed by atoms with Crippen molar-refractivity contribution >= 4 is 35.0 Å². The number of nitrogen functional groups attached to an aromatic ring is 1. The van der Waals surface area contributed by atoms with Crippen molar-refractivity contribution < 1.29 is 14.3 Å². The molecule has 1 aromatic heterocycles. The smallest absolute Gasteiger partial charge is 0.408 e. The maximum atomic E-state index is 11.9. The van der Waals surface area contributed by atoms with Gasteiger partial charge in [0.15, 0.2) is 5.82 Å². The highest BCUT2D eigenvalue weighted by Crippen LogP contribution is 2.24. The maximum Gasteiger partial charge on any atom is 0.408 e. The van der Waals surface area contributed by atoms with Crippen LogP contribution in [0.2, 0.25) is 0 Å². The van der Waals surface area contributed by atoms with Crippen molar-refractivity contribution in [1.82, 2.24) is 10.3 Å². The number of aromatic nitrogens is 1. The normalized spacial score (nSPS) is 11.2. The minimum atomic E-state index is -0.679. The van der Waals surface area contributed by atoms with Gasteiger partial charge in [-0.25, -0.2) is 9.78 Å². The van der Waals surface area contributed by atoms with Gasteiger partial charge >= 0.3 is 6.09 Å². The van der Waals surface area contributed by atoms with Gasteiger partial charge in [-0.05, 0) is 45.0 Å². The van der Waals surface area contributed by atoms with E-state index in [-0.39, 0.29) is 18.2 Å². The first-order chi connectivity index (χ1) is 12.7. The number of benzene rings is 1. The van der Waals surface area contributed by atoms with Gasteiger partial charge in [-0.3, -0.25) is 4.79 Å². The van der Waals surface area contributed by atoms with Crippen LogP contribution < -0.4 is 16.4 Å².